The van der Waals surface area contributed by atoms with Gasteiger partial charge in [-0.05, 0) is 31.3 Å². The summed E-state index contributed by atoms with van der Waals surface area (Å²) in [6.45, 7) is 1.86. The van der Waals surface area contributed by atoms with Gasteiger partial charge in [0.05, 0.1) is 6.61 Å². The van der Waals surface area contributed by atoms with Crippen LogP contribution in [0.4, 0.5) is 0 Å². The Morgan fingerprint density at radius 1 is 1.41 bits per heavy atom. The van der Waals surface area contributed by atoms with Crippen LogP contribution in [-0.4, -0.2) is 31.6 Å². The summed E-state index contributed by atoms with van der Waals surface area (Å²) in [5, 5.41) is 10.2. The maximum absolute atomic E-state index is 12.0. The van der Waals surface area contributed by atoms with E-state index >= 15 is 0 Å². The Morgan fingerprint density at radius 3 is 2.59 bits per heavy atom. The normalized spacial score (nSPS) is 11.8. The third kappa shape index (κ3) is 4.80. The van der Waals surface area contributed by atoms with E-state index in [1.54, 1.807) is 42.3 Å². The van der Waals surface area contributed by atoms with Gasteiger partial charge in [-0.15, -0.1) is 0 Å². The molecule has 6 heteroatoms. The molecule has 0 aliphatic rings. The molecule has 0 heterocycles. The van der Waals surface area contributed by atoms with E-state index in [9.17, 15) is 10.1 Å². The molecule has 0 radical (unpaired) electrons. The largest absolute Gasteiger partial charge is 0.462 e. The zero-order valence-corrected chi connectivity index (χ0v) is 14.1. The highest BCUT2D eigenvalue weighted by Gasteiger charge is 2.18. The molecule has 0 aliphatic heterocycles. The van der Waals surface area contributed by atoms with Gasteiger partial charge in [-0.2, -0.15) is 5.26 Å². The molecule has 0 aromatic heterocycles. The number of carbonyl (C=O) groups is 1. The molecule has 0 unspecified atom stereocenters. The van der Waals surface area contributed by atoms with Crippen LogP contribution in [-0.2, 0) is 9.53 Å². The molecule has 1 aromatic rings. The maximum Gasteiger partial charge on any atom is 0.349 e. The summed E-state index contributed by atoms with van der Waals surface area (Å²) in [7, 11) is 3.65. The topological polar surface area (TPSA) is 53.3 Å². The molecule has 4 nitrogen and oxygen atoms in total. The molecule has 116 valence electrons. The number of halogens is 2. The van der Waals surface area contributed by atoms with Gasteiger partial charge in [0.15, 0.2) is 0 Å². The third-order valence-electron chi connectivity index (χ3n) is 2.62. The van der Waals surface area contributed by atoms with Crippen molar-refractivity contribution in [2.45, 2.75) is 6.92 Å². The van der Waals surface area contributed by atoms with Gasteiger partial charge < -0.3 is 9.64 Å². The number of nitriles is 1. The van der Waals surface area contributed by atoms with Gasteiger partial charge in [0.1, 0.15) is 11.6 Å². The third-order valence-corrected chi connectivity index (χ3v) is 3.17. The van der Waals surface area contributed by atoms with Crippen molar-refractivity contribution in [3.8, 4) is 6.07 Å². The molecular formula is C16H16Cl2N2O2. The van der Waals surface area contributed by atoms with Gasteiger partial charge in [-0.3, -0.25) is 0 Å². The molecule has 0 N–H and O–H groups in total. The van der Waals surface area contributed by atoms with Crippen LogP contribution in [0, 0.1) is 11.3 Å². The van der Waals surface area contributed by atoms with Crippen LogP contribution < -0.4 is 0 Å². The van der Waals surface area contributed by atoms with E-state index in [1.165, 1.54) is 0 Å². The first-order chi connectivity index (χ1) is 10.4. The average Bonchev–Trinajstić information content (AvgIpc) is 2.44. The van der Waals surface area contributed by atoms with Crippen molar-refractivity contribution in [3.05, 3.63) is 51.7 Å². The molecule has 0 aliphatic carbocycles. The Morgan fingerprint density at radius 2 is 2.09 bits per heavy atom. The van der Waals surface area contributed by atoms with Gasteiger partial charge in [0.2, 0.25) is 0 Å². The standard InChI is InChI=1S/C16H16Cl2N2O2/c1-4-22-16(21)14(10-19)12(7-8-20(2)3)13-6-5-11(17)9-15(13)18/h5-9H,4H2,1-3H3. The summed E-state index contributed by atoms with van der Waals surface area (Å²) >= 11 is 12.1. The summed E-state index contributed by atoms with van der Waals surface area (Å²) in [5.74, 6) is -0.686. The summed E-state index contributed by atoms with van der Waals surface area (Å²) in [5.41, 5.74) is 0.814. The van der Waals surface area contributed by atoms with Gasteiger partial charge >= 0.3 is 5.97 Å². The predicted molar refractivity (Wildman–Crippen MR) is 88.5 cm³/mol. The first kappa shape index (κ1) is 18.1. The summed E-state index contributed by atoms with van der Waals surface area (Å²) in [6, 6.07) is 6.76. The number of esters is 1. The second-order valence-electron chi connectivity index (χ2n) is 4.52. The van der Waals surface area contributed by atoms with Crippen LogP contribution in [0.2, 0.25) is 10.0 Å². The number of hydrogen-bond donors (Lipinski definition) is 0. The highest BCUT2D eigenvalue weighted by atomic mass is 35.5. The molecular weight excluding hydrogens is 323 g/mol. The Balaban J connectivity index is 3.52. The van der Waals surface area contributed by atoms with Crippen LogP contribution in [0.15, 0.2) is 36.0 Å². The zero-order valence-electron chi connectivity index (χ0n) is 12.6. The molecule has 0 saturated carbocycles. The van der Waals surface area contributed by atoms with Gasteiger partial charge in [0.25, 0.3) is 0 Å². The summed E-state index contributed by atoms with van der Waals surface area (Å²) < 4.78 is 4.93. The van der Waals surface area contributed by atoms with Crippen LogP contribution in [0.3, 0.4) is 0 Å². The van der Waals surface area contributed by atoms with E-state index in [4.69, 9.17) is 27.9 Å². The van der Waals surface area contributed by atoms with Crippen molar-refractivity contribution in [1.82, 2.24) is 4.90 Å². The fourth-order valence-electron chi connectivity index (χ4n) is 1.66. The minimum atomic E-state index is -0.686. The number of rotatable bonds is 5. The van der Waals surface area contributed by atoms with Gasteiger partial charge in [-0.1, -0.05) is 29.3 Å². The number of nitrogens with zero attached hydrogens (tertiary/aromatic N) is 2. The van der Waals surface area contributed by atoms with Gasteiger partial charge in [-0.25, -0.2) is 4.79 Å². The fraction of sp³-hybridized carbons (Fsp3) is 0.250. The second kappa shape index (κ2) is 8.47. The summed E-state index contributed by atoms with van der Waals surface area (Å²) in [4.78, 5) is 13.8. The van der Waals surface area contributed by atoms with Gasteiger partial charge in [0, 0.05) is 35.3 Å². The average molecular weight is 339 g/mol. The first-order valence-electron chi connectivity index (χ1n) is 6.52. The van der Waals surface area contributed by atoms with E-state index in [0.717, 1.165) is 0 Å². The van der Waals surface area contributed by atoms with Crippen LogP contribution >= 0.6 is 23.2 Å². The van der Waals surface area contributed by atoms with E-state index in [-0.39, 0.29) is 12.2 Å². The van der Waals surface area contributed by atoms with E-state index < -0.39 is 5.97 Å². The molecule has 22 heavy (non-hydrogen) atoms. The lowest BCUT2D eigenvalue weighted by atomic mass is 10.00. The molecule has 0 atom stereocenters. The molecule has 1 aromatic carbocycles. The number of ether oxygens (including phenoxy) is 1. The molecule has 0 saturated heterocycles. The Labute approximate surface area is 140 Å². The predicted octanol–water partition coefficient (Wildman–Crippen LogP) is 3.91. The maximum atomic E-state index is 12.0. The van der Waals surface area contributed by atoms with Crippen molar-refractivity contribution in [3.63, 3.8) is 0 Å². The van der Waals surface area contributed by atoms with Crippen LogP contribution in [0.25, 0.3) is 5.57 Å². The molecule has 0 spiro atoms. The van der Waals surface area contributed by atoms with Crippen LogP contribution in [0.5, 0.6) is 0 Å². The first-order valence-corrected chi connectivity index (χ1v) is 7.27. The molecule has 0 fully saturated rings. The smallest absolute Gasteiger partial charge is 0.349 e. The number of allylic oxidation sites excluding steroid dienone is 2. The summed E-state index contributed by atoms with van der Waals surface area (Å²) in [6.07, 6.45) is 3.36. The minimum absolute atomic E-state index is 0.107. The van der Waals surface area contributed by atoms with E-state index in [2.05, 4.69) is 0 Å². The lowest BCUT2D eigenvalue weighted by Gasteiger charge is -2.11. The number of hydrogen-bond acceptors (Lipinski definition) is 4. The lowest BCUT2D eigenvalue weighted by molar-refractivity contribution is -0.137. The molecule has 0 amide bonds. The quantitative estimate of drug-likeness (QED) is 0.353. The van der Waals surface area contributed by atoms with Crippen molar-refractivity contribution < 1.29 is 9.53 Å². The zero-order chi connectivity index (χ0) is 16.7. The van der Waals surface area contributed by atoms with Crippen molar-refractivity contribution >= 4 is 34.7 Å². The second-order valence-corrected chi connectivity index (χ2v) is 5.37. The fourth-order valence-corrected chi connectivity index (χ4v) is 2.17. The SMILES string of the molecule is CCOC(=O)C(C#N)=C(C=CN(C)C)c1ccc(Cl)cc1Cl. The minimum Gasteiger partial charge on any atom is -0.462 e. The lowest BCUT2D eigenvalue weighted by Crippen LogP contribution is -2.09. The van der Waals surface area contributed by atoms with E-state index in [0.29, 0.717) is 21.2 Å². The van der Waals surface area contributed by atoms with Crippen molar-refractivity contribution in [2.75, 3.05) is 20.7 Å². The van der Waals surface area contributed by atoms with Crippen LogP contribution in [0.1, 0.15) is 12.5 Å². The Kier molecular flexibility index (Phi) is 6.97. The highest BCUT2D eigenvalue weighted by molar-refractivity contribution is 6.36. The molecule has 1 rings (SSSR count). The Bertz CT molecular complexity index is 659. The van der Waals surface area contributed by atoms with Crippen molar-refractivity contribution in [1.29, 1.82) is 5.26 Å². The molecule has 0 bridgehead atoms. The monoisotopic (exact) mass is 338 g/mol. The Hall–Kier alpha value is -1.96. The van der Waals surface area contributed by atoms with E-state index in [1.807, 2.05) is 20.2 Å². The highest BCUT2D eigenvalue weighted by Crippen LogP contribution is 2.30. The number of carbonyl (C=O) groups excluding carboxylic acids is 1. The van der Waals surface area contributed by atoms with Crippen molar-refractivity contribution in [2.24, 2.45) is 0 Å². The number of benzene rings is 1.